The molecule has 0 aromatic heterocycles. The van der Waals surface area contributed by atoms with Gasteiger partial charge in [-0.05, 0) is 23.8 Å². The standard InChI is InChI=1S/C23H20N2O5S/c1-29-21-11-10-15(12-18(21)25(27)28)13-31-14-22(26)24-23-16-6-2-4-8-19(16)30-20-9-5-3-7-17(20)23/h2-12,23H,13-14H2,1H3,(H,24,26). The smallest absolute Gasteiger partial charge is 0.311 e. The molecule has 0 saturated carbocycles. The van der Waals surface area contributed by atoms with Crippen molar-refractivity contribution in [1.29, 1.82) is 0 Å². The van der Waals surface area contributed by atoms with Crippen LogP contribution in [0.4, 0.5) is 5.69 Å². The molecule has 31 heavy (non-hydrogen) atoms. The fraction of sp³-hybridized carbons (Fsp3) is 0.174. The van der Waals surface area contributed by atoms with Gasteiger partial charge in [0.05, 0.1) is 23.8 Å². The summed E-state index contributed by atoms with van der Waals surface area (Å²) in [7, 11) is 1.40. The van der Waals surface area contributed by atoms with Crippen molar-refractivity contribution in [1.82, 2.24) is 5.32 Å². The number of nitrogens with zero attached hydrogens (tertiary/aromatic N) is 1. The number of hydrogen-bond donors (Lipinski definition) is 1. The molecule has 0 aliphatic carbocycles. The molecule has 7 nitrogen and oxygen atoms in total. The molecule has 0 radical (unpaired) electrons. The van der Waals surface area contributed by atoms with Gasteiger partial charge in [0.15, 0.2) is 5.75 Å². The number of fused-ring (bicyclic) bond motifs is 2. The fourth-order valence-electron chi connectivity index (χ4n) is 3.50. The highest BCUT2D eigenvalue weighted by Crippen LogP contribution is 2.42. The largest absolute Gasteiger partial charge is 0.490 e. The molecule has 158 valence electrons. The zero-order valence-electron chi connectivity index (χ0n) is 16.7. The monoisotopic (exact) mass is 436 g/mol. The molecular formula is C23H20N2O5S. The van der Waals surface area contributed by atoms with Crippen LogP contribution in [-0.4, -0.2) is 23.7 Å². The van der Waals surface area contributed by atoms with Crippen LogP contribution in [0.5, 0.6) is 17.2 Å². The summed E-state index contributed by atoms with van der Waals surface area (Å²) in [5.74, 6) is 2.24. The predicted octanol–water partition coefficient (Wildman–Crippen LogP) is 4.85. The lowest BCUT2D eigenvalue weighted by atomic mass is 9.94. The third-order valence-electron chi connectivity index (χ3n) is 4.93. The van der Waals surface area contributed by atoms with E-state index in [-0.39, 0.29) is 29.1 Å². The Balaban J connectivity index is 1.42. The SMILES string of the molecule is COc1ccc(CSCC(=O)NC2c3ccccc3Oc3ccccc32)cc1[N+](=O)[O-]. The first-order chi connectivity index (χ1) is 15.1. The molecule has 0 unspecified atom stereocenters. The van der Waals surface area contributed by atoms with Crippen LogP contribution in [0.3, 0.4) is 0 Å². The van der Waals surface area contributed by atoms with Gasteiger partial charge in [-0.3, -0.25) is 14.9 Å². The number of thioether (sulfide) groups is 1. The molecule has 1 amide bonds. The highest BCUT2D eigenvalue weighted by molar-refractivity contribution is 7.99. The van der Waals surface area contributed by atoms with Crippen LogP contribution in [0.2, 0.25) is 0 Å². The van der Waals surface area contributed by atoms with Gasteiger partial charge in [0.25, 0.3) is 0 Å². The Bertz CT molecular complexity index is 1090. The van der Waals surface area contributed by atoms with Gasteiger partial charge in [-0.25, -0.2) is 0 Å². The lowest BCUT2D eigenvalue weighted by molar-refractivity contribution is -0.385. The van der Waals surface area contributed by atoms with Crippen molar-refractivity contribution in [2.45, 2.75) is 11.8 Å². The Morgan fingerprint density at radius 3 is 2.35 bits per heavy atom. The number of amides is 1. The third kappa shape index (κ3) is 4.49. The number of benzene rings is 3. The van der Waals surface area contributed by atoms with E-state index in [9.17, 15) is 14.9 Å². The highest BCUT2D eigenvalue weighted by atomic mass is 32.2. The first-order valence-electron chi connectivity index (χ1n) is 9.61. The van der Waals surface area contributed by atoms with Gasteiger partial charge in [-0.1, -0.05) is 42.5 Å². The molecular weight excluding hydrogens is 416 g/mol. The average Bonchev–Trinajstić information content (AvgIpc) is 2.78. The van der Waals surface area contributed by atoms with E-state index in [1.54, 1.807) is 12.1 Å². The van der Waals surface area contributed by atoms with Crippen LogP contribution in [-0.2, 0) is 10.5 Å². The summed E-state index contributed by atoms with van der Waals surface area (Å²) in [6.45, 7) is 0. The van der Waals surface area contributed by atoms with Crippen molar-refractivity contribution in [2.24, 2.45) is 0 Å². The molecule has 3 aromatic rings. The second-order valence-electron chi connectivity index (χ2n) is 6.93. The van der Waals surface area contributed by atoms with Crippen molar-refractivity contribution in [3.8, 4) is 17.2 Å². The van der Waals surface area contributed by atoms with Gasteiger partial charge in [0, 0.05) is 22.9 Å². The molecule has 3 aromatic carbocycles. The lowest BCUT2D eigenvalue weighted by Gasteiger charge is -2.28. The van der Waals surface area contributed by atoms with Crippen LogP contribution in [0, 0.1) is 10.1 Å². The normalized spacial score (nSPS) is 12.3. The van der Waals surface area contributed by atoms with Crippen LogP contribution < -0.4 is 14.8 Å². The zero-order valence-corrected chi connectivity index (χ0v) is 17.6. The maximum Gasteiger partial charge on any atom is 0.311 e. The van der Waals surface area contributed by atoms with Gasteiger partial charge in [-0.2, -0.15) is 0 Å². The zero-order chi connectivity index (χ0) is 21.8. The first-order valence-corrected chi connectivity index (χ1v) is 10.8. The number of rotatable bonds is 7. The highest BCUT2D eigenvalue weighted by Gasteiger charge is 2.28. The van der Waals surface area contributed by atoms with E-state index >= 15 is 0 Å². The number of nitrogens with one attached hydrogen (secondary N) is 1. The summed E-state index contributed by atoms with van der Waals surface area (Å²) in [5.41, 5.74) is 2.49. The van der Waals surface area contributed by atoms with Gasteiger partial charge in [0.2, 0.25) is 5.91 Å². The number of methoxy groups -OCH3 is 1. The topological polar surface area (TPSA) is 90.7 Å². The molecule has 1 N–H and O–H groups in total. The minimum atomic E-state index is -0.472. The van der Waals surface area contributed by atoms with Gasteiger partial charge >= 0.3 is 5.69 Å². The van der Waals surface area contributed by atoms with Gasteiger partial charge in [0.1, 0.15) is 11.5 Å². The maximum absolute atomic E-state index is 12.7. The van der Waals surface area contributed by atoms with Gasteiger partial charge < -0.3 is 14.8 Å². The summed E-state index contributed by atoms with van der Waals surface area (Å²) < 4.78 is 11.0. The maximum atomic E-state index is 12.7. The van der Waals surface area contributed by atoms with E-state index in [2.05, 4.69) is 5.32 Å². The summed E-state index contributed by atoms with van der Waals surface area (Å²) in [6.07, 6.45) is 0. The van der Waals surface area contributed by atoms with Crippen molar-refractivity contribution in [3.63, 3.8) is 0 Å². The molecule has 1 heterocycles. The van der Waals surface area contributed by atoms with E-state index in [0.29, 0.717) is 5.75 Å². The minimum Gasteiger partial charge on any atom is -0.490 e. The van der Waals surface area contributed by atoms with Crippen LogP contribution in [0.1, 0.15) is 22.7 Å². The van der Waals surface area contributed by atoms with Crippen LogP contribution in [0.15, 0.2) is 66.7 Å². The second kappa shape index (κ2) is 9.09. The van der Waals surface area contributed by atoms with E-state index in [1.165, 1.54) is 24.9 Å². The van der Waals surface area contributed by atoms with E-state index in [1.807, 2.05) is 48.5 Å². The number of nitro benzene ring substituents is 1. The third-order valence-corrected chi connectivity index (χ3v) is 5.93. The molecule has 0 spiro atoms. The lowest BCUT2D eigenvalue weighted by Crippen LogP contribution is -2.32. The first kappa shape index (κ1) is 20.7. The van der Waals surface area contributed by atoms with E-state index in [0.717, 1.165) is 28.2 Å². The Kier molecular flexibility index (Phi) is 6.08. The average molecular weight is 436 g/mol. The molecule has 4 rings (SSSR count). The Hall–Kier alpha value is -3.52. The van der Waals surface area contributed by atoms with Crippen molar-refractivity contribution >= 4 is 23.4 Å². The van der Waals surface area contributed by atoms with E-state index < -0.39 is 4.92 Å². The molecule has 1 aliphatic rings. The molecule has 0 saturated heterocycles. The number of carbonyl (C=O) groups is 1. The van der Waals surface area contributed by atoms with Gasteiger partial charge in [-0.15, -0.1) is 11.8 Å². The van der Waals surface area contributed by atoms with E-state index in [4.69, 9.17) is 9.47 Å². The summed E-state index contributed by atoms with van der Waals surface area (Å²) in [6, 6.07) is 19.8. The van der Waals surface area contributed by atoms with Crippen molar-refractivity contribution in [2.75, 3.05) is 12.9 Å². The number of nitro groups is 1. The number of ether oxygens (including phenoxy) is 2. The summed E-state index contributed by atoms with van der Waals surface area (Å²) >= 11 is 1.39. The number of para-hydroxylation sites is 2. The number of hydrogen-bond acceptors (Lipinski definition) is 6. The Morgan fingerprint density at radius 1 is 1.10 bits per heavy atom. The van der Waals surface area contributed by atoms with Crippen LogP contribution in [0.25, 0.3) is 0 Å². The minimum absolute atomic E-state index is 0.0829. The summed E-state index contributed by atoms with van der Waals surface area (Å²) in [5, 5.41) is 14.3. The fourth-order valence-corrected chi connectivity index (χ4v) is 4.28. The molecule has 8 heteroatoms. The Morgan fingerprint density at radius 2 is 1.74 bits per heavy atom. The molecule has 0 bridgehead atoms. The molecule has 0 atom stereocenters. The molecule has 0 fully saturated rings. The number of carbonyl (C=O) groups excluding carboxylic acids is 1. The Labute approximate surface area is 183 Å². The van der Waals surface area contributed by atoms with Crippen LogP contribution >= 0.6 is 11.8 Å². The molecule has 1 aliphatic heterocycles. The predicted molar refractivity (Wildman–Crippen MR) is 119 cm³/mol. The summed E-state index contributed by atoms with van der Waals surface area (Å²) in [4.78, 5) is 23.4. The van der Waals surface area contributed by atoms with Crippen molar-refractivity contribution in [3.05, 3.63) is 93.5 Å². The quantitative estimate of drug-likeness (QED) is 0.421. The van der Waals surface area contributed by atoms with Crippen molar-refractivity contribution < 1.29 is 19.2 Å². The second-order valence-corrected chi connectivity index (χ2v) is 7.92.